The highest BCUT2D eigenvalue weighted by Crippen LogP contribution is 2.27. The maximum Gasteiger partial charge on any atom is 0.260 e. The topological polar surface area (TPSA) is 80.0 Å². The second-order valence-corrected chi connectivity index (χ2v) is 5.32. The first kappa shape index (κ1) is 13.8. The van der Waals surface area contributed by atoms with Crippen LogP contribution in [-0.4, -0.2) is 28.6 Å². The predicted octanol–water partition coefficient (Wildman–Crippen LogP) is 1.98. The third kappa shape index (κ3) is 2.80. The van der Waals surface area contributed by atoms with E-state index in [9.17, 15) is 4.79 Å². The van der Waals surface area contributed by atoms with Crippen molar-refractivity contribution in [1.82, 2.24) is 15.5 Å². The Kier molecular flexibility index (Phi) is 3.70. The number of aromatic nitrogens is 2. The van der Waals surface area contributed by atoms with Crippen LogP contribution in [0.15, 0.2) is 28.8 Å². The van der Waals surface area contributed by atoms with Gasteiger partial charge < -0.3 is 15.2 Å². The van der Waals surface area contributed by atoms with Gasteiger partial charge in [0, 0.05) is 6.04 Å². The molecule has 21 heavy (non-hydrogen) atoms. The Morgan fingerprint density at radius 3 is 2.90 bits per heavy atom. The molecular weight excluding hydrogens is 268 g/mol. The smallest absolute Gasteiger partial charge is 0.260 e. The molecule has 1 aromatic carbocycles. The molecule has 3 rings (SSSR count). The Morgan fingerprint density at radius 2 is 2.24 bits per heavy atom. The zero-order valence-corrected chi connectivity index (χ0v) is 12.1. The summed E-state index contributed by atoms with van der Waals surface area (Å²) in [7, 11) is 0. The third-order valence-corrected chi connectivity index (χ3v) is 3.80. The maximum atomic E-state index is 12.4. The minimum Gasteiger partial charge on any atom is -0.334 e. The number of anilines is 1. The summed E-state index contributed by atoms with van der Waals surface area (Å²) in [6, 6.07) is 7.66. The number of rotatable bonds is 3. The van der Waals surface area contributed by atoms with E-state index >= 15 is 0 Å². The van der Waals surface area contributed by atoms with E-state index in [1.165, 1.54) is 0 Å². The lowest BCUT2D eigenvalue weighted by Gasteiger charge is -2.16. The van der Waals surface area contributed by atoms with E-state index in [0.29, 0.717) is 17.4 Å². The van der Waals surface area contributed by atoms with Crippen LogP contribution in [0.4, 0.5) is 5.69 Å². The number of para-hydroxylation sites is 1. The van der Waals surface area contributed by atoms with Gasteiger partial charge in [-0.1, -0.05) is 17.3 Å². The van der Waals surface area contributed by atoms with E-state index in [4.69, 9.17) is 4.52 Å². The highest BCUT2D eigenvalue weighted by molar-refractivity contribution is 5.96. The van der Waals surface area contributed by atoms with Crippen LogP contribution in [0.1, 0.15) is 19.2 Å². The van der Waals surface area contributed by atoms with Gasteiger partial charge in [-0.25, -0.2) is 0 Å². The molecule has 1 amide bonds. The number of hydrogen-bond acceptors (Lipinski definition) is 5. The number of aryl methyl sites for hydroxylation is 1. The fourth-order valence-electron chi connectivity index (χ4n) is 2.63. The molecular formula is C15H18N4O2. The van der Waals surface area contributed by atoms with Gasteiger partial charge in [0.15, 0.2) is 5.82 Å². The highest BCUT2D eigenvalue weighted by Gasteiger charge is 2.29. The van der Waals surface area contributed by atoms with E-state index < -0.39 is 0 Å². The largest absolute Gasteiger partial charge is 0.334 e. The van der Waals surface area contributed by atoms with Gasteiger partial charge >= 0.3 is 0 Å². The molecule has 0 saturated carbocycles. The molecule has 1 aliphatic heterocycles. The molecule has 1 aromatic heterocycles. The molecule has 0 bridgehead atoms. The van der Waals surface area contributed by atoms with Crippen LogP contribution in [0.3, 0.4) is 0 Å². The molecule has 1 aliphatic rings. The van der Waals surface area contributed by atoms with Gasteiger partial charge in [0.05, 0.1) is 17.2 Å². The van der Waals surface area contributed by atoms with Crippen molar-refractivity contribution < 1.29 is 9.32 Å². The Morgan fingerprint density at radius 1 is 1.43 bits per heavy atom. The number of nitrogens with zero attached hydrogens (tertiary/aromatic N) is 2. The van der Waals surface area contributed by atoms with Crippen LogP contribution in [0.25, 0.3) is 11.5 Å². The van der Waals surface area contributed by atoms with Crippen LogP contribution in [-0.2, 0) is 4.79 Å². The molecule has 6 nitrogen and oxygen atoms in total. The molecule has 0 radical (unpaired) electrons. The second-order valence-electron chi connectivity index (χ2n) is 5.32. The second kappa shape index (κ2) is 5.65. The monoisotopic (exact) mass is 286 g/mol. The van der Waals surface area contributed by atoms with Crippen molar-refractivity contribution in [3.8, 4) is 11.5 Å². The van der Waals surface area contributed by atoms with Crippen molar-refractivity contribution in [2.24, 2.45) is 5.92 Å². The molecule has 110 valence electrons. The standard InChI is InChI=1S/C15H18N4O2/c1-9-11(7-8-16-9)14(20)18-13-6-4-3-5-12(13)15-17-10(2)19-21-15/h3-6,9,11,16H,7-8H2,1-2H3,(H,18,20). The Bertz CT molecular complexity index is 653. The average Bonchev–Trinajstić information content (AvgIpc) is 3.08. The summed E-state index contributed by atoms with van der Waals surface area (Å²) in [4.78, 5) is 16.6. The van der Waals surface area contributed by atoms with Crippen molar-refractivity contribution in [1.29, 1.82) is 0 Å². The summed E-state index contributed by atoms with van der Waals surface area (Å²) >= 11 is 0. The predicted molar refractivity (Wildman–Crippen MR) is 78.7 cm³/mol. The Balaban J connectivity index is 1.84. The van der Waals surface area contributed by atoms with Crippen LogP contribution in [0.2, 0.25) is 0 Å². The summed E-state index contributed by atoms with van der Waals surface area (Å²) in [6.45, 7) is 4.67. The van der Waals surface area contributed by atoms with Crippen LogP contribution in [0, 0.1) is 12.8 Å². The lowest BCUT2D eigenvalue weighted by atomic mass is 10.0. The van der Waals surface area contributed by atoms with Gasteiger partial charge in [0.2, 0.25) is 5.91 Å². The van der Waals surface area contributed by atoms with Crippen molar-refractivity contribution in [3.63, 3.8) is 0 Å². The normalized spacial score (nSPS) is 21.4. The minimum atomic E-state index is -0.0116. The summed E-state index contributed by atoms with van der Waals surface area (Å²) in [5, 5.41) is 10.1. The van der Waals surface area contributed by atoms with Gasteiger partial charge in [-0.15, -0.1) is 0 Å². The molecule has 2 unspecified atom stereocenters. The molecule has 2 atom stereocenters. The zero-order valence-electron chi connectivity index (χ0n) is 12.1. The van der Waals surface area contributed by atoms with Gasteiger partial charge in [0.25, 0.3) is 5.89 Å². The number of carbonyl (C=O) groups is 1. The lowest BCUT2D eigenvalue weighted by molar-refractivity contribution is -0.119. The molecule has 1 fully saturated rings. The minimum absolute atomic E-state index is 0.0116. The van der Waals surface area contributed by atoms with E-state index in [1.54, 1.807) is 6.92 Å². The zero-order chi connectivity index (χ0) is 14.8. The number of amides is 1. The molecule has 1 saturated heterocycles. The first-order valence-corrected chi connectivity index (χ1v) is 7.09. The van der Waals surface area contributed by atoms with Gasteiger partial charge in [-0.3, -0.25) is 4.79 Å². The SMILES string of the molecule is Cc1noc(-c2ccccc2NC(=O)C2CCNC2C)n1. The van der Waals surface area contributed by atoms with E-state index in [1.807, 2.05) is 31.2 Å². The molecule has 2 heterocycles. The molecule has 0 spiro atoms. The maximum absolute atomic E-state index is 12.4. The fraction of sp³-hybridized carbons (Fsp3) is 0.400. The number of benzene rings is 1. The van der Waals surface area contributed by atoms with Crippen molar-refractivity contribution in [2.45, 2.75) is 26.3 Å². The van der Waals surface area contributed by atoms with Crippen molar-refractivity contribution in [3.05, 3.63) is 30.1 Å². The van der Waals surface area contributed by atoms with Crippen molar-refractivity contribution >= 4 is 11.6 Å². The highest BCUT2D eigenvalue weighted by atomic mass is 16.5. The average molecular weight is 286 g/mol. The van der Waals surface area contributed by atoms with Crippen LogP contribution in [0.5, 0.6) is 0 Å². The van der Waals surface area contributed by atoms with Gasteiger partial charge in [0.1, 0.15) is 0 Å². The fourth-order valence-corrected chi connectivity index (χ4v) is 2.63. The van der Waals surface area contributed by atoms with E-state index in [-0.39, 0.29) is 17.9 Å². The van der Waals surface area contributed by atoms with Crippen molar-refractivity contribution in [2.75, 3.05) is 11.9 Å². The quantitative estimate of drug-likeness (QED) is 0.902. The summed E-state index contributed by atoms with van der Waals surface area (Å²) in [6.07, 6.45) is 0.856. The Hall–Kier alpha value is -2.21. The van der Waals surface area contributed by atoms with Crippen LogP contribution >= 0.6 is 0 Å². The van der Waals surface area contributed by atoms with Gasteiger partial charge in [-0.05, 0) is 38.9 Å². The first-order chi connectivity index (χ1) is 10.1. The number of carbonyl (C=O) groups excluding carboxylic acids is 1. The summed E-state index contributed by atoms with van der Waals surface area (Å²) < 4.78 is 5.19. The summed E-state index contributed by atoms with van der Waals surface area (Å²) in [5.74, 6) is 0.999. The van der Waals surface area contributed by atoms with E-state index in [2.05, 4.69) is 20.8 Å². The Labute approximate surface area is 122 Å². The molecule has 2 N–H and O–H groups in total. The van der Waals surface area contributed by atoms with E-state index in [0.717, 1.165) is 18.5 Å². The lowest BCUT2D eigenvalue weighted by Crippen LogP contribution is -2.32. The van der Waals surface area contributed by atoms with Crippen LogP contribution < -0.4 is 10.6 Å². The number of nitrogens with one attached hydrogen (secondary N) is 2. The number of hydrogen-bond donors (Lipinski definition) is 2. The van der Waals surface area contributed by atoms with Gasteiger partial charge in [-0.2, -0.15) is 4.98 Å². The third-order valence-electron chi connectivity index (χ3n) is 3.80. The summed E-state index contributed by atoms with van der Waals surface area (Å²) in [5.41, 5.74) is 1.44. The first-order valence-electron chi connectivity index (χ1n) is 7.09. The molecule has 6 heteroatoms. The molecule has 0 aliphatic carbocycles. The molecule has 2 aromatic rings.